The molecule has 0 rings (SSSR count). The van der Waals surface area contributed by atoms with Crippen molar-refractivity contribution in [2.24, 2.45) is 0 Å². The van der Waals surface area contributed by atoms with Crippen molar-refractivity contribution < 1.29 is 0 Å². The molecule has 0 saturated carbocycles. The largest absolute Gasteiger partial charge is 0.243 e. The van der Waals surface area contributed by atoms with Gasteiger partial charge in [-0.05, 0) is 4.75 Å². The third kappa shape index (κ3) is 6.72. The first-order valence-electron chi connectivity index (χ1n) is 3.11. The monoisotopic (exact) mass is 159 g/mol. The Balaban J connectivity index is 3.47. The lowest BCUT2D eigenvalue weighted by molar-refractivity contribution is 0.809. The average molecular weight is 159 g/mol. The van der Waals surface area contributed by atoms with E-state index >= 15 is 0 Å². The van der Waals surface area contributed by atoms with E-state index in [9.17, 15) is 0 Å². The Kier molecular flexibility index (Phi) is 4.22. The molecule has 0 aliphatic carbocycles. The zero-order chi connectivity index (χ0) is 7.49. The number of rotatable bonds is 2. The first-order valence-corrected chi connectivity index (χ1v) is 4.50. The topological polar surface area (TPSA) is 0 Å². The minimum Gasteiger partial charge on any atom is -0.243 e. The Labute approximate surface area is 69.1 Å². The van der Waals surface area contributed by atoms with Crippen molar-refractivity contribution in [3.63, 3.8) is 0 Å². The fraction of sp³-hybridized carbons (Fsp3) is 1.00. The van der Waals surface area contributed by atoms with Crippen LogP contribution in [-0.4, -0.2) is 17.1 Å². The summed E-state index contributed by atoms with van der Waals surface area (Å²) in [5.41, 5.74) is 0. The molecular weight excluding hydrogens is 146 g/mol. The van der Waals surface area contributed by atoms with E-state index in [2.05, 4.69) is 40.1 Å². The quantitative estimate of drug-likeness (QED) is 0.475. The molecule has 0 heterocycles. The second-order valence-corrected chi connectivity index (χ2v) is 5.59. The van der Waals surface area contributed by atoms with E-state index in [-0.39, 0.29) is 0 Å². The third-order valence-electron chi connectivity index (χ3n) is 0.749. The minimum atomic E-state index is 0.360. The van der Waals surface area contributed by atoms with Crippen LogP contribution in [0.4, 0.5) is 0 Å². The van der Waals surface area contributed by atoms with Crippen LogP contribution in [0, 0.1) is 0 Å². The second kappa shape index (κ2) is 3.87. The van der Waals surface area contributed by atoms with Gasteiger partial charge in [0.05, 0.1) is 0 Å². The molecule has 0 N–H and O–H groups in total. The van der Waals surface area contributed by atoms with E-state index in [1.165, 1.54) is 0 Å². The van der Waals surface area contributed by atoms with E-state index in [0.29, 0.717) is 10.6 Å². The summed E-state index contributed by atoms with van der Waals surface area (Å²) in [4.78, 5) is 0. The van der Waals surface area contributed by atoms with Crippen molar-refractivity contribution in [2.45, 2.75) is 32.3 Å². The molecule has 51 valence electrons. The van der Waals surface area contributed by atoms with Crippen LogP contribution < -0.4 is 0 Å². The average Bonchev–Trinajstić information content (AvgIpc) is 1.62. The summed E-state index contributed by atoms with van der Waals surface area (Å²) in [6, 6.07) is 0. The molecule has 0 bridgehead atoms. The molecular formula is C5H13B2S2. The van der Waals surface area contributed by atoms with Gasteiger partial charge in [0.15, 0.2) is 12.3 Å². The maximum Gasteiger partial charge on any atom is 0.181 e. The van der Waals surface area contributed by atoms with Crippen molar-refractivity contribution in [2.75, 3.05) is 0 Å². The minimum absolute atomic E-state index is 0.360. The van der Waals surface area contributed by atoms with Crippen molar-refractivity contribution >= 4 is 36.4 Å². The molecule has 1 radical (unpaired) electrons. The van der Waals surface area contributed by atoms with E-state index in [1.54, 1.807) is 0 Å². The smallest absolute Gasteiger partial charge is 0.181 e. The highest BCUT2D eigenvalue weighted by molar-refractivity contribution is 8.38. The molecule has 0 aromatic heterocycles. The van der Waals surface area contributed by atoms with Crippen molar-refractivity contribution in [3.8, 4) is 0 Å². The summed E-state index contributed by atoms with van der Waals surface area (Å²) in [6.45, 7) is 8.80. The Morgan fingerprint density at radius 2 is 1.89 bits per heavy atom. The summed E-state index contributed by atoms with van der Waals surface area (Å²) < 4.78 is 0.360. The van der Waals surface area contributed by atoms with Crippen LogP contribution in [0.2, 0.25) is 6.82 Å². The summed E-state index contributed by atoms with van der Waals surface area (Å²) in [5.74, 6) is 0.549. The van der Waals surface area contributed by atoms with Crippen LogP contribution in [0.5, 0.6) is 0 Å². The predicted octanol–water partition coefficient (Wildman–Crippen LogP) is 2.19. The zero-order valence-corrected chi connectivity index (χ0v) is 8.22. The van der Waals surface area contributed by atoms with Gasteiger partial charge in [0.1, 0.15) is 0 Å². The van der Waals surface area contributed by atoms with Gasteiger partial charge in [0.25, 0.3) is 0 Å². The Hall–Kier alpha value is 0.830. The Bertz CT molecular complexity index is 79.5. The van der Waals surface area contributed by atoms with E-state index in [1.807, 2.05) is 18.1 Å². The highest BCUT2D eigenvalue weighted by Gasteiger charge is 2.16. The van der Waals surface area contributed by atoms with Crippen LogP contribution in [0.1, 0.15) is 20.8 Å². The molecule has 4 heteroatoms. The molecule has 0 atom stereocenters. The fourth-order valence-corrected chi connectivity index (χ4v) is 1.95. The Morgan fingerprint density at radius 1 is 1.44 bits per heavy atom. The van der Waals surface area contributed by atoms with Gasteiger partial charge in [-0.3, -0.25) is 0 Å². The molecule has 0 aromatic carbocycles. The maximum atomic E-state index is 4.08. The van der Waals surface area contributed by atoms with E-state index in [4.69, 9.17) is 0 Å². The first kappa shape index (κ1) is 9.83. The lowest BCUT2D eigenvalue weighted by Gasteiger charge is -2.20. The van der Waals surface area contributed by atoms with Crippen molar-refractivity contribution in [1.29, 1.82) is 0 Å². The molecule has 9 heavy (non-hydrogen) atoms. The molecule has 0 aliphatic rings. The summed E-state index contributed by atoms with van der Waals surface area (Å²) in [5, 5.41) is 0. The molecule has 0 spiro atoms. The molecule has 0 unspecified atom stereocenters. The standard InChI is InChI=1S/C5H13B2S2/c1-5(2,3)9-7(4)6-8/h8H,1-4H3. The van der Waals surface area contributed by atoms with Crippen LogP contribution in [-0.2, 0) is 0 Å². The molecule has 0 saturated heterocycles. The zero-order valence-electron chi connectivity index (χ0n) is 6.51. The van der Waals surface area contributed by atoms with Gasteiger partial charge in [0, 0.05) is 0 Å². The highest BCUT2D eigenvalue weighted by Crippen LogP contribution is 2.25. The maximum absolute atomic E-state index is 4.08. The number of thiol groups is 1. The third-order valence-corrected chi connectivity index (χ3v) is 2.61. The molecule has 0 aliphatic heterocycles. The van der Waals surface area contributed by atoms with Gasteiger partial charge >= 0.3 is 0 Å². The van der Waals surface area contributed by atoms with Gasteiger partial charge < -0.3 is 0 Å². The predicted molar refractivity (Wildman–Crippen MR) is 53.7 cm³/mol. The first-order chi connectivity index (χ1) is 3.95. The molecule has 0 nitrogen and oxygen atoms in total. The highest BCUT2D eigenvalue weighted by atomic mass is 32.2. The second-order valence-electron chi connectivity index (χ2n) is 3.08. The summed E-state index contributed by atoms with van der Waals surface area (Å²) in [6.07, 6.45) is 1.93. The van der Waals surface area contributed by atoms with Crippen molar-refractivity contribution in [1.82, 2.24) is 0 Å². The van der Waals surface area contributed by atoms with Gasteiger partial charge in [-0.25, -0.2) is 24.1 Å². The summed E-state index contributed by atoms with van der Waals surface area (Å²) in [7, 11) is 0. The van der Waals surface area contributed by atoms with Crippen LogP contribution in [0.15, 0.2) is 0 Å². The molecule has 0 amide bonds. The van der Waals surface area contributed by atoms with Crippen LogP contribution in [0.25, 0.3) is 0 Å². The molecule has 0 fully saturated rings. The number of hydrogen-bond donors (Lipinski definition) is 1. The SMILES string of the molecule is CB([B]S)SC(C)(C)C. The lowest BCUT2D eigenvalue weighted by Crippen LogP contribution is -2.19. The van der Waals surface area contributed by atoms with Gasteiger partial charge in [0.2, 0.25) is 0 Å². The van der Waals surface area contributed by atoms with Gasteiger partial charge in [-0.1, -0.05) is 27.6 Å². The van der Waals surface area contributed by atoms with Crippen LogP contribution >= 0.6 is 24.1 Å². The fourth-order valence-electron chi connectivity index (χ4n) is 0.588. The van der Waals surface area contributed by atoms with Crippen molar-refractivity contribution in [3.05, 3.63) is 0 Å². The van der Waals surface area contributed by atoms with Gasteiger partial charge in [-0.15, -0.1) is 0 Å². The summed E-state index contributed by atoms with van der Waals surface area (Å²) >= 11 is 6.01. The lowest BCUT2D eigenvalue weighted by atomic mass is 9.54. The van der Waals surface area contributed by atoms with Crippen LogP contribution in [0.3, 0.4) is 0 Å². The van der Waals surface area contributed by atoms with E-state index < -0.39 is 0 Å². The Morgan fingerprint density at radius 3 is 2.00 bits per heavy atom. The van der Waals surface area contributed by atoms with Gasteiger partial charge in [-0.2, -0.15) is 0 Å². The number of hydrogen-bond acceptors (Lipinski definition) is 2. The molecule has 0 aromatic rings. The normalized spacial score (nSPS) is 11.2. The van der Waals surface area contributed by atoms with E-state index in [0.717, 1.165) is 0 Å².